The number of anilines is 1. The molecular weight excluding hydrogens is 250 g/mol. The zero-order valence-corrected chi connectivity index (χ0v) is 12.5. The summed E-state index contributed by atoms with van der Waals surface area (Å²) in [6, 6.07) is 8.36. The molecule has 1 aromatic heterocycles. The molecule has 2 aromatic rings. The molecule has 1 N–H and O–H groups in total. The van der Waals surface area contributed by atoms with Gasteiger partial charge in [0.25, 0.3) is 0 Å². The average molecular weight is 269 g/mol. The topological polar surface area (TPSA) is 61.9 Å². The standard InChI is InChI=1S/C16H19N3O/c1-10-15(11(2)20-19-10)13-8-12(16(3,4)9-17)6-7-14(13)18-5/h6-8,18H,1-5H3. The Labute approximate surface area is 119 Å². The minimum absolute atomic E-state index is 0.528. The van der Waals surface area contributed by atoms with E-state index in [4.69, 9.17) is 4.52 Å². The van der Waals surface area contributed by atoms with E-state index in [1.165, 1.54) is 0 Å². The lowest BCUT2D eigenvalue weighted by Gasteiger charge is -2.19. The number of aromatic nitrogens is 1. The van der Waals surface area contributed by atoms with Gasteiger partial charge in [-0.2, -0.15) is 5.26 Å². The molecule has 0 amide bonds. The summed E-state index contributed by atoms with van der Waals surface area (Å²) in [7, 11) is 1.88. The molecule has 2 rings (SSSR count). The molecule has 104 valence electrons. The van der Waals surface area contributed by atoms with Crippen molar-refractivity contribution >= 4 is 5.69 Å². The van der Waals surface area contributed by atoms with Crippen LogP contribution in [0.2, 0.25) is 0 Å². The van der Waals surface area contributed by atoms with Gasteiger partial charge in [-0.15, -0.1) is 0 Å². The van der Waals surface area contributed by atoms with Crippen LogP contribution in [0.4, 0.5) is 5.69 Å². The largest absolute Gasteiger partial charge is 0.388 e. The van der Waals surface area contributed by atoms with E-state index in [-0.39, 0.29) is 0 Å². The van der Waals surface area contributed by atoms with Crippen LogP contribution in [-0.2, 0) is 5.41 Å². The van der Waals surface area contributed by atoms with Gasteiger partial charge in [-0.3, -0.25) is 0 Å². The Morgan fingerprint density at radius 1 is 1.30 bits per heavy atom. The van der Waals surface area contributed by atoms with E-state index < -0.39 is 5.41 Å². The van der Waals surface area contributed by atoms with Crippen LogP contribution < -0.4 is 5.32 Å². The number of rotatable bonds is 3. The fourth-order valence-electron chi connectivity index (χ4n) is 2.29. The van der Waals surface area contributed by atoms with Crippen molar-refractivity contribution in [2.24, 2.45) is 0 Å². The van der Waals surface area contributed by atoms with E-state index in [9.17, 15) is 5.26 Å². The highest BCUT2D eigenvalue weighted by molar-refractivity contribution is 5.81. The average Bonchev–Trinajstić information content (AvgIpc) is 2.77. The summed E-state index contributed by atoms with van der Waals surface area (Å²) in [6.45, 7) is 7.65. The van der Waals surface area contributed by atoms with Crippen LogP contribution in [0.25, 0.3) is 11.1 Å². The van der Waals surface area contributed by atoms with Crippen molar-refractivity contribution in [3.05, 3.63) is 35.2 Å². The first-order chi connectivity index (χ1) is 9.40. The van der Waals surface area contributed by atoms with Gasteiger partial charge in [-0.25, -0.2) is 0 Å². The SMILES string of the molecule is CNc1ccc(C(C)(C)C#N)cc1-c1c(C)noc1C. The summed E-state index contributed by atoms with van der Waals surface area (Å²) >= 11 is 0. The Balaban J connectivity index is 2.69. The molecular formula is C16H19N3O. The van der Waals surface area contributed by atoms with Crippen LogP contribution in [0.1, 0.15) is 30.9 Å². The maximum atomic E-state index is 9.31. The predicted molar refractivity (Wildman–Crippen MR) is 79.6 cm³/mol. The molecule has 0 fully saturated rings. The van der Waals surface area contributed by atoms with Crippen LogP contribution in [0, 0.1) is 25.2 Å². The lowest BCUT2D eigenvalue weighted by molar-refractivity contribution is 0.393. The second kappa shape index (κ2) is 5.01. The van der Waals surface area contributed by atoms with Crippen molar-refractivity contribution in [2.75, 3.05) is 12.4 Å². The minimum Gasteiger partial charge on any atom is -0.388 e. The number of nitrogens with one attached hydrogen (secondary N) is 1. The zero-order valence-electron chi connectivity index (χ0n) is 12.5. The van der Waals surface area contributed by atoms with Crippen molar-refractivity contribution < 1.29 is 4.52 Å². The second-order valence-electron chi connectivity index (χ2n) is 5.45. The minimum atomic E-state index is -0.528. The highest BCUT2D eigenvalue weighted by atomic mass is 16.5. The van der Waals surface area contributed by atoms with E-state index in [2.05, 4.69) is 16.5 Å². The summed E-state index contributed by atoms with van der Waals surface area (Å²) in [5.41, 5.74) is 4.31. The van der Waals surface area contributed by atoms with Crippen molar-refractivity contribution in [3.8, 4) is 17.2 Å². The molecule has 0 bridgehead atoms. The highest BCUT2D eigenvalue weighted by Gasteiger charge is 2.23. The molecule has 4 heteroatoms. The van der Waals surface area contributed by atoms with Gasteiger partial charge in [-0.05, 0) is 45.4 Å². The Bertz CT molecular complexity index is 658. The normalized spacial score (nSPS) is 11.2. The van der Waals surface area contributed by atoms with Gasteiger partial charge in [0.15, 0.2) is 0 Å². The zero-order chi connectivity index (χ0) is 14.9. The summed E-state index contributed by atoms with van der Waals surface area (Å²) in [5.74, 6) is 0.783. The van der Waals surface area contributed by atoms with Gasteiger partial charge in [0.2, 0.25) is 0 Å². The van der Waals surface area contributed by atoms with Crippen LogP contribution in [0.3, 0.4) is 0 Å². The van der Waals surface area contributed by atoms with Gasteiger partial charge >= 0.3 is 0 Å². The lowest BCUT2D eigenvalue weighted by atomic mass is 9.84. The number of nitrogens with zero attached hydrogens (tertiary/aromatic N) is 2. The molecule has 0 unspecified atom stereocenters. The Morgan fingerprint density at radius 3 is 2.50 bits per heavy atom. The van der Waals surface area contributed by atoms with E-state index in [0.717, 1.165) is 33.8 Å². The van der Waals surface area contributed by atoms with E-state index in [1.807, 2.05) is 52.9 Å². The monoisotopic (exact) mass is 269 g/mol. The Morgan fingerprint density at radius 2 is 2.00 bits per heavy atom. The number of hydrogen-bond donors (Lipinski definition) is 1. The van der Waals surface area contributed by atoms with Gasteiger partial charge < -0.3 is 9.84 Å². The molecule has 0 aliphatic rings. The molecule has 1 aromatic carbocycles. The van der Waals surface area contributed by atoms with Crippen molar-refractivity contribution in [1.82, 2.24) is 5.16 Å². The van der Waals surface area contributed by atoms with Crippen molar-refractivity contribution in [1.29, 1.82) is 5.26 Å². The first-order valence-electron chi connectivity index (χ1n) is 6.57. The first-order valence-corrected chi connectivity index (χ1v) is 6.57. The molecule has 0 saturated carbocycles. The number of nitriles is 1. The maximum absolute atomic E-state index is 9.31. The highest BCUT2D eigenvalue weighted by Crippen LogP contribution is 2.36. The fraction of sp³-hybridized carbons (Fsp3) is 0.375. The van der Waals surface area contributed by atoms with Crippen LogP contribution in [-0.4, -0.2) is 12.2 Å². The molecule has 0 saturated heterocycles. The second-order valence-corrected chi connectivity index (χ2v) is 5.45. The molecule has 0 radical (unpaired) electrons. The quantitative estimate of drug-likeness (QED) is 0.920. The van der Waals surface area contributed by atoms with Gasteiger partial charge in [0.1, 0.15) is 5.76 Å². The molecule has 0 aliphatic carbocycles. The van der Waals surface area contributed by atoms with E-state index in [0.29, 0.717) is 0 Å². The number of aryl methyl sites for hydroxylation is 2. The third-order valence-electron chi connectivity index (χ3n) is 3.59. The van der Waals surface area contributed by atoms with E-state index >= 15 is 0 Å². The summed E-state index contributed by atoms with van der Waals surface area (Å²) in [6.07, 6.45) is 0. The molecule has 0 aliphatic heterocycles. The number of hydrogen-bond acceptors (Lipinski definition) is 4. The summed E-state index contributed by atoms with van der Waals surface area (Å²) in [5, 5.41) is 16.5. The van der Waals surface area contributed by atoms with Gasteiger partial charge in [-0.1, -0.05) is 11.2 Å². The molecule has 4 nitrogen and oxygen atoms in total. The van der Waals surface area contributed by atoms with Crippen LogP contribution in [0.5, 0.6) is 0 Å². The molecule has 1 heterocycles. The van der Waals surface area contributed by atoms with Gasteiger partial charge in [0, 0.05) is 23.9 Å². The molecule has 0 spiro atoms. The third-order valence-corrected chi connectivity index (χ3v) is 3.59. The van der Waals surface area contributed by atoms with Crippen molar-refractivity contribution in [3.63, 3.8) is 0 Å². The van der Waals surface area contributed by atoms with Crippen LogP contribution in [0.15, 0.2) is 22.7 Å². The number of benzene rings is 1. The van der Waals surface area contributed by atoms with Gasteiger partial charge in [0.05, 0.1) is 17.2 Å². The predicted octanol–water partition coefficient (Wildman–Crippen LogP) is 3.80. The summed E-state index contributed by atoms with van der Waals surface area (Å²) in [4.78, 5) is 0. The maximum Gasteiger partial charge on any atom is 0.141 e. The lowest BCUT2D eigenvalue weighted by Crippen LogP contribution is -2.14. The Hall–Kier alpha value is -2.28. The van der Waals surface area contributed by atoms with E-state index in [1.54, 1.807) is 0 Å². The fourth-order valence-corrected chi connectivity index (χ4v) is 2.29. The third kappa shape index (κ3) is 2.27. The first kappa shape index (κ1) is 14.1. The Kier molecular flexibility index (Phi) is 3.54. The smallest absolute Gasteiger partial charge is 0.141 e. The summed E-state index contributed by atoms with van der Waals surface area (Å²) < 4.78 is 5.26. The van der Waals surface area contributed by atoms with Crippen molar-refractivity contribution in [2.45, 2.75) is 33.1 Å². The molecule has 0 atom stereocenters. The molecule has 20 heavy (non-hydrogen) atoms. The van der Waals surface area contributed by atoms with Crippen LogP contribution >= 0.6 is 0 Å².